The third-order valence-electron chi connectivity index (χ3n) is 2.68. The first-order chi connectivity index (χ1) is 8.18. The van der Waals surface area contributed by atoms with E-state index in [0.717, 1.165) is 0 Å². The number of nitrogens with one attached hydrogen (secondary N) is 1. The number of halogens is 1. The SMILES string of the molecule is Cc1ccccc1C(C)Nc1ncncc1Cl. The zero-order valence-corrected chi connectivity index (χ0v) is 10.6. The molecule has 88 valence electrons. The van der Waals surface area contributed by atoms with Crippen LogP contribution in [0.15, 0.2) is 36.8 Å². The van der Waals surface area contributed by atoms with Crippen molar-refractivity contribution in [2.45, 2.75) is 19.9 Å². The van der Waals surface area contributed by atoms with E-state index >= 15 is 0 Å². The molecule has 0 amide bonds. The lowest BCUT2D eigenvalue weighted by atomic mass is 10.0. The van der Waals surface area contributed by atoms with Gasteiger partial charge in [-0.05, 0) is 25.0 Å². The topological polar surface area (TPSA) is 37.8 Å². The molecule has 0 aliphatic heterocycles. The molecule has 0 aliphatic rings. The van der Waals surface area contributed by atoms with E-state index in [1.807, 2.05) is 12.1 Å². The molecule has 0 aliphatic carbocycles. The zero-order chi connectivity index (χ0) is 12.3. The quantitative estimate of drug-likeness (QED) is 0.900. The van der Waals surface area contributed by atoms with Gasteiger partial charge in [0.1, 0.15) is 17.2 Å². The Morgan fingerprint density at radius 2 is 2.06 bits per heavy atom. The van der Waals surface area contributed by atoms with Gasteiger partial charge in [0, 0.05) is 0 Å². The van der Waals surface area contributed by atoms with Crippen LogP contribution in [0.3, 0.4) is 0 Å². The van der Waals surface area contributed by atoms with Gasteiger partial charge in [-0.3, -0.25) is 0 Å². The highest BCUT2D eigenvalue weighted by Crippen LogP contribution is 2.24. The highest BCUT2D eigenvalue weighted by Gasteiger charge is 2.10. The number of hydrogen-bond donors (Lipinski definition) is 1. The second-order valence-electron chi connectivity index (χ2n) is 3.94. The van der Waals surface area contributed by atoms with Crippen LogP contribution in [0.4, 0.5) is 5.82 Å². The summed E-state index contributed by atoms with van der Waals surface area (Å²) in [5, 5.41) is 3.82. The molecule has 0 fully saturated rings. The number of nitrogens with zero attached hydrogens (tertiary/aromatic N) is 2. The van der Waals surface area contributed by atoms with E-state index < -0.39 is 0 Å². The van der Waals surface area contributed by atoms with Crippen LogP contribution in [0.1, 0.15) is 24.1 Å². The maximum absolute atomic E-state index is 6.01. The largest absolute Gasteiger partial charge is 0.362 e. The third-order valence-corrected chi connectivity index (χ3v) is 2.95. The van der Waals surface area contributed by atoms with E-state index in [2.05, 4.69) is 41.3 Å². The van der Waals surface area contributed by atoms with Crippen molar-refractivity contribution >= 4 is 17.4 Å². The molecule has 2 rings (SSSR count). The lowest BCUT2D eigenvalue weighted by Crippen LogP contribution is -2.09. The van der Waals surface area contributed by atoms with Crippen molar-refractivity contribution in [3.63, 3.8) is 0 Å². The van der Waals surface area contributed by atoms with Crippen molar-refractivity contribution in [2.75, 3.05) is 5.32 Å². The van der Waals surface area contributed by atoms with Gasteiger partial charge in [0.25, 0.3) is 0 Å². The Morgan fingerprint density at radius 1 is 1.29 bits per heavy atom. The lowest BCUT2D eigenvalue weighted by Gasteiger charge is -2.17. The minimum absolute atomic E-state index is 0.156. The summed E-state index contributed by atoms with van der Waals surface area (Å²) in [5.74, 6) is 0.664. The van der Waals surface area contributed by atoms with Crippen molar-refractivity contribution in [2.24, 2.45) is 0 Å². The van der Waals surface area contributed by atoms with Crippen LogP contribution in [-0.2, 0) is 0 Å². The van der Waals surface area contributed by atoms with Crippen molar-refractivity contribution in [3.05, 3.63) is 52.9 Å². The monoisotopic (exact) mass is 247 g/mol. The molecule has 1 unspecified atom stereocenters. The van der Waals surface area contributed by atoms with Gasteiger partial charge >= 0.3 is 0 Å². The van der Waals surface area contributed by atoms with Gasteiger partial charge in [0.15, 0.2) is 0 Å². The Hall–Kier alpha value is -1.61. The predicted octanol–water partition coefficient (Wildman–Crippen LogP) is 3.61. The van der Waals surface area contributed by atoms with E-state index in [4.69, 9.17) is 11.6 Å². The molecule has 0 saturated heterocycles. The van der Waals surface area contributed by atoms with Crippen LogP contribution in [-0.4, -0.2) is 9.97 Å². The Morgan fingerprint density at radius 3 is 2.76 bits per heavy atom. The van der Waals surface area contributed by atoms with Crippen molar-refractivity contribution in [1.29, 1.82) is 0 Å². The fraction of sp³-hybridized carbons (Fsp3) is 0.231. The molecule has 3 nitrogen and oxygen atoms in total. The Labute approximate surface area is 106 Å². The number of aryl methyl sites for hydroxylation is 1. The summed E-state index contributed by atoms with van der Waals surface area (Å²) >= 11 is 6.01. The van der Waals surface area contributed by atoms with Gasteiger partial charge in [0.05, 0.1) is 12.2 Å². The summed E-state index contributed by atoms with van der Waals surface area (Å²) in [5.41, 5.74) is 2.49. The van der Waals surface area contributed by atoms with Crippen LogP contribution >= 0.6 is 11.6 Å². The standard InChI is InChI=1S/C13H14ClN3/c1-9-5-3-4-6-11(9)10(2)17-13-12(14)7-15-8-16-13/h3-8,10H,1-2H3,(H,15,16,17). The van der Waals surface area contributed by atoms with Gasteiger partial charge in [-0.15, -0.1) is 0 Å². The van der Waals surface area contributed by atoms with Gasteiger partial charge in [0.2, 0.25) is 0 Å². The average Bonchev–Trinajstić information content (AvgIpc) is 2.32. The smallest absolute Gasteiger partial charge is 0.148 e. The van der Waals surface area contributed by atoms with Gasteiger partial charge in [-0.1, -0.05) is 35.9 Å². The molecule has 4 heteroatoms. The summed E-state index contributed by atoms with van der Waals surface area (Å²) < 4.78 is 0. The third kappa shape index (κ3) is 2.74. The fourth-order valence-electron chi connectivity index (χ4n) is 1.77. The molecular weight excluding hydrogens is 234 g/mol. The number of anilines is 1. The van der Waals surface area contributed by atoms with E-state index in [9.17, 15) is 0 Å². The number of rotatable bonds is 3. The minimum Gasteiger partial charge on any atom is -0.362 e. The molecule has 1 aromatic carbocycles. The number of hydrogen-bond acceptors (Lipinski definition) is 3. The van der Waals surface area contributed by atoms with Crippen molar-refractivity contribution < 1.29 is 0 Å². The molecule has 2 aromatic rings. The summed E-state index contributed by atoms with van der Waals surface area (Å²) in [7, 11) is 0. The van der Waals surface area contributed by atoms with Crippen molar-refractivity contribution in [1.82, 2.24) is 9.97 Å². The van der Waals surface area contributed by atoms with Crippen LogP contribution in [0.5, 0.6) is 0 Å². The van der Waals surface area contributed by atoms with Crippen LogP contribution < -0.4 is 5.32 Å². The van der Waals surface area contributed by atoms with Crippen LogP contribution in [0.2, 0.25) is 5.02 Å². The average molecular weight is 248 g/mol. The molecule has 1 aromatic heterocycles. The first kappa shape index (κ1) is 11.9. The van der Waals surface area contributed by atoms with Gasteiger partial charge < -0.3 is 5.32 Å². The first-order valence-electron chi connectivity index (χ1n) is 5.46. The van der Waals surface area contributed by atoms with E-state index in [-0.39, 0.29) is 6.04 Å². The fourth-order valence-corrected chi connectivity index (χ4v) is 1.93. The Balaban J connectivity index is 2.20. The molecule has 0 bridgehead atoms. The van der Waals surface area contributed by atoms with E-state index in [1.54, 1.807) is 6.20 Å². The molecule has 1 N–H and O–H groups in total. The maximum atomic E-state index is 6.01. The summed E-state index contributed by atoms with van der Waals surface area (Å²) in [6.45, 7) is 4.18. The van der Waals surface area contributed by atoms with E-state index in [1.165, 1.54) is 17.5 Å². The maximum Gasteiger partial charge on any atom is 0.148 e. The van der Waals surface area contributed by atoms with Gasteiger partial charge in [-0.25, -0.2) is 9.97 Å². The molecule has 0 spiro atoms. The molecule has 0 radical (unpaired) electrons. The van der Waals surface area contributed by atoms with Crippen LogP contribution in [0, 0.1) is 6.92 Å². The minimum atomic E-state index is 0.156. The summed E-state index contributed by atoms with van der Waals surface area (Å²) in [4.78, 5) is 7.98. The molecule has 17 heavy (non-hydrogen) atoms. The summed E-state index contributed by atoms with van der Waals surface area (Å²) in [6.07, 6.45) is 3.07. The number of benzene rings is 1. The molecular formula is C13H14ClN3. The predicted molar refractivity (Wildman–Crippen MR) is 70.3 cm³/mol. The molecule has 1 atom stereocenters. The normalized spacial score (nSPS) is 12.2. The lowest BCUT2D eigenvalue weighted by molar-refractivity contribution is 0.862. The zero-order valence-electron chi connectivity index (χ0n) is 9.81. The highest BCUT2D eigenvalue weighted by atomic mass is 35.5. The second kappa shape index (κ2) is 5.15. The van der Waals surface area contributed by atoms with E-state index in [0.29, 0.717) is 10.8 Å². The molecule has 0 saturated carbocycles. The Kier molecular flexibility index (Phi) is 3.59. The molecule has 1 heterocycles. The highest BCUT2D eigenvalue weighted by molar-refractivity contribution is 6.32. The summed E-state index contributed by atoms with van der Waals surface area (Å²) in [6, 6.07) is 8.41. The van der Waals surface area contributed by atoms with Crippen LogP contribution in [0.25, 0.3) is 0 Å². The number of aromatic nitrogens is 2. The van der Waals surface area contributed by atoms with Crippen molar-refractivity contribution in [3.8, 4) is 0 Å². The first-order valence-corrected chi connectivity index (χ1v) is 5.84. The Bertz CT molecular complexity index is 514. The van der Waals surface area contributed by atoms with Gasteiger partial charge in [-0.2, -0.15) is 0 Å². The second-order valence-corrected chi connectivity index (χ2v) is 4.35.